The molecular weight excluding hydrogens is 360 g/mol. The van der Waals surface area contributed by atoms with Crippen molar-refractivity contribution in [2.24, 2.45) is 0 Å². The van der Waals surface area contributed by atoms with Gasteiger partial charge in [-0.2, -0.15) is 0 Å². The lowest BCUT2D eigenvalue weighted by molar-refractivity contribution is -0.130. The summed E-state index contributed by atoms with van der Waals surface area (Å²) in [5.74, 6) is -0.409. The van der Waals surface area contributed by atoms with E-state index in [1.54, 1.807) is 36.2 Å². The molecule has 5 heteroatoms. The van der Waals surface area contributed by atoms with Gasteiger partial charge >= 0.3 is 0 Å². The van der Waals surface area contributed by atoms with Crippen molar-refractivity contribution >= 4 is 23.4 Å². The maximum absolute atomic E-state index is 12.4. The molecule has 0 spiro atoms. The smallest absolute Gasteiger partial charge is 0.251 e. The standard InChI is InChI=1S/C22H27ClN2O2/c1-15(16-8-12-19(23)13-9-16)25(5)20(26)14-24-21(27)17-6-10-18(11-7-17)22(2,3)4/h6-13,15H,14H2,1-5H3,(H,24,27). The molecule has 1 atom stereocenters. The topological polar surface area (TPSA) is 49.4 Å². The number of hydrogen-bond donors (Lipinski definition) is 1. The van der Waals surface area contributed by atoms with E-state index in [0.29, 0.717) is 10.6 Å². The van der Waals surface area contributed by atoms with Crippen LogP contribution in [0.4, 0.5) is 0 Å². The molecule has 0 fully saturated rings. The van der Waals surface area contributed by atoms with Crippen LogP contribution in [-0.4, -0.2) is 30.3 Å². The number of carbonyl (C=O) groups excluding carboxylic acids is 2. The van der Waals surface area contributed by atoms with Crippen LogP contribution < -0.4 is 5.32 Å². The molecule has 0 radical (unpaired) electrons. The lowest BCUT2D eigenvalue weighted by atomic mass is 9.87. The summed E-state index contributed by atoms with van der Waals surface area (Å²) in [6.45, 7) is 8.26. The van der Waals surface area contributed by atoms with Crippen molar-refractivity contribution in [3.63, 3.8) is 0 Å². The fraction of sp³-hybridized carbons (Fsp3) is 0.364. The zero-order valence-electron chi connectivity index (χ0n) is 16.5. The Bertz CT molecular complexity index is 793. The first-order valence-electron chi connectivity index (χ1n) is 8.99. The lowest BCUT2D eigenvalue weighted by Gasteiger charge is -2.25. The Morgan fingerprint density at radius 2 is 1.59 bits per heavy atom. The summed E-state index contributed by atoms with van der Waals surface area (Å²) < 4.78 is 0. The first kappa shape index (κ1) is 21.0. The highest BCUT2D eigenvalue weighted by Gasteiger charge is 2.19. The lowest BCUT2D eigenvalue weighted by Crippen LogP contribution is -2.39. The molecule has 0 aromatic heterocycles. The number of carbonyl (C=O) groups is 2. The van der Waals surface area contributed by atoms with E-state index in [1.165, 1.54) is 0 Å². The summed E-state index contributed by atoms with van der Waals surface area (Å²) in [7, 11) is 1.73. The van der Waals surface area contributed by atoms with Gasteiger partial charge < -0.3 is 10.2 Å². The van der Waals surface area contributed by atoms with Gasteiger partial charge in [0, 0.05) is 17.6 Å². The van der Waals surface area contributed by atoms with Crippen molar-refractivity contribution in [2.45, 2.75) is 39.2 Å². The van der Waals surface area contributed by atoms with Gasteiger partial charge in [0.25, 0.3) is 5.91 Å². The molecule has 0 aliphatic carbocycles. The van der Waals surface area contributed by atoms with Gasteiger partial charge in [0.1, 0.15) is 0 Å². The van der Waals surface area contributed by atoms with E-state index in [4.69, 9.17) is 11.6 Å². The van der Waals surface area contributed by atoms with Gasteiger partial charge in [-0.15, -0.1) is 0 Å². The molecule has 0 bridgehead atoms. The minimum absolute atomic E-state index is 0.0332. The summed E-state index contributed by atoms with van der Waals surface area (Å²) >= 11 is 5.91. The van der Waals surface area contributed by atoms with Crippen molar-refractivity contribution in [3.8, 4) is 0 Å². The zero-order valence-corrected chi connectivity index (χ0v) is 17.3. The maximum atomic E-state index is 12.4. The van der Waals surface area contributed by atoms with Crippen LogP contribution in [0.1, 0.15) is 55.2 Å². The van der Waals surface area contributed by atoms with Crippen LogP contribution in [0.3, 0.4) is 0 Å². The number of rotatable bonds is 5. The third kappa shape index (κ3) is 5.57. The molecular formula is C22H27ClN2O2. The number of hydrogen-bond acceptors (Lipinski definition) is 2. The van der Waals surface area contributed by atoms with Crippen molar-refractivity contribution in [1.29, 1.82) is 0 Å². The largest absolute Gasteiger partial charge is 0.343 e. The van der Waals surface area contributed by atoms with Crippen LogP contribution in [-0.2, 0) is 10.2 Å². The summed E-state index contributed by atoms with van der Waals surface area (Å²) in [5.41, 5.74) is 2.72. The van der Waals surface area contributed by atoms with E-state index in [0.717, 1.165) is 11.1 Å². The predicted molar refractivity (Wildman–Crippen MR) is 110 cm³/mol. The molecule has 1 unspecified atom stereocenters. The van der Waals surface area contributed by atoms with Crippen LogP contribution in [0.5, 0.6) is 0 Å². The zero-order chi connectivity index (χ0) is 20.2. The molecule has 0 aliphatic rings. The average Bonchev–Trinajstić information content (AvgIpc) is 2.64. The van der Waals surface area contributed by atoms with Gasteiger partial charge in [-0.3, -0.25) is 9.59 Å². The second-order valence-electron chi connectivity index (χ2n) is 7.74. The molecule has 2 aromatic carbocycles. The second-order valence-corrected chi connectivity index (χ2v) is 8.18. The van der Waals surface area contributed by atoms with Crippen LogP contribution >= 0.6 is 11.6 Å². The molecule has 0 saturated heterocycles. The Kier molecular flexibility index (Phi) is 6.66. The van der Waals surface area contributed by atoms with E-state index in [1.807, 2.05) is 31.2 Å². The Balaban J connectivity index is 1.93. The fourth-order valence-electron chi connectivity index (χ4n) is 2.69. The van der Waals surface area contributed by atoms with Gasteiger partial charge in [-0.25, -0.2) is 0 Å². The second kappa shape index (κ2) is 8.57. The van der Waals surface area contributed by atoms with Crippen molar-refractivity contribution in [1.82, 2.24) is 10.2 Å². The van der Waals surface area contributed by atoms with E-state index in [2.05, 4.69) is 26.1 Å². The van der Waals surface area contributed by atoms with Crippen LogP contribution in [0.15, 0.2) is 48.5 Å². The Morgan fingerprint density at radius 3 is 2.11 bits per heavy atom. The Morgan fingerprint density at radius 1 is 1.04 bits per heavy atom. The van der Waals surface area contributed by atoms with Crippen LogP contribution in [0.25, 0.3) is 0 Å². The Hall–Kier alpha value is -2.33. The Labute approximate surface area is 166 Å². The molecule has 0 saturated carbocycles. The maximum Gasteiger partial charge on any atom is 0.251 e. The van der Waals surface area contributed by atoms with Crippen LogP contribution in [0.2, 0.25) is 5.02 Å². The minimum atomic E-state index is -0.253. The molecule has 2 amide bonds. The minimum Gasteiger partial charge on any atom is -0.343 e. The summed E-state index contributed by atoms with van der Waals surface area (Å²) in [6.07, 6.45) is 0. The predicted octanol–water partition coefficient (Wildman–Crippen LogP) is 4.59. The number of halogens is 1. The number of benzene rings is 2. The fourth-order valence-corrected chi connectivity index (χ4v) is 2.81. The molecule has 0 heterocycles. The van der Waals surface area contributed by atoms with E-state index < -0.39 is 0 Å². The molecule has 0 aliphatic heterocycles. The molecule has 4 nitrogen and oxygen atoms in total. The van der Waals surface area contributed by atoms with Gasteiger partial charge in [0.05, 0.1) is 12.6 Å². The number of amides is 2. The molecule has 144 valence electrons. The molecule has 2 aromatic rings. The van der Waals surface area contributed by atoms with Gasteiger partial charge in [0.15, 0.2) is 0 Å². The highest BCUT2D eigenvalue weighted by molar-refractivity contribution is 6.30. The molecule has 2 rings (SSSR count). The van der Waals surface area contributed by atoms with Crippen molar-refractivity contribution in [3.05, 3.63) is 70.2 Å². The number of nitrogens with one attached hydrogen (secondary N) is 1. The SMILES string of the molecule is CC(c1ccc(Cl)cc1)N(C)C(=O)CNC(=O)c1ccc(C(C)(C)C)cc1. The average molecular weight is 387 g/mol. The third-order valence-corrected chi connectivity index (χ3v) is 4.99. The van der Waals surface area contributed by atoms with Crippen molar-refractivity contribution in [2.75, 3.05) is 13.6 Å². The first-order chi connectivity index (χ1) is 12.6. The van der Waals surface area contributed by atoms with Crippen LogP contribution in [0, 0.1) is 0 Å². The van der Waals surface area contributed by atoms with E-state index >= 15 is 0 Å². The van der Waals surface area contributed by atoms with Crippen molar-refractivity contribution < 1.29 is 9.59 Å². The first-order valence-corrected chi connectivity index (χ1v) is 9.37. The third-order valence-electron chi connectivity index (χ3n) is 4.74. The summed E-state index contributed by atoms with van der Waals surface area (Å²) in [5, 5.41) is 3.36. The highest BCUT2D eigenvalue weighted by Crippen LogP contribution is 2.22. The summed E-state index contributed by atoms with van der Waals surface area (Å²) in [6, 6.07) is 14.8. The monoisotopic (exact) mass is 386 g/mol. The quantitative estimate of drug-likeness (QED) is 0.817. The summed E-state index contributed by atoms with van der Waals surface area (Å²) in [4.78, 5) is 26.4. The number of nitrogens with zero attached hydrogens (tertiary/aromatic N) is 1. The number of likely N-dealkylation sites (N-methyl/N-ethyl adjacent to an activating group) is 1. The molecule has 27 heavy (non-hydrogen) atoms. The normalized spacial score (nSPS) is 12.4. The van der Waals surface area contributed by atoms with E-state index in [9.17, 15) is 9.59 Å². The molecule has 1 N–H and O–H groups in total. The highest BCUT2D eigenvalue weighted by atomic mass is 35.5. The van der Waals surface area contributed by atoms with Gasteiger partial charge in [-0.1, -0.05) is 56.6 Å². The van der Waals surface area contributed by atoms with Gasteiger partial charge in [0.2, 0.25) is 5.91 Å². The van der Waals surface area contributed by atoms with Gasteiger partial charge in [-0.05, 0) is 47.7 Å². The van der Waals surface area contributed by atoms with E-state index in [-0.39, 0.29) is 29.8 Å².